The summed E-state index contributed by atoms with van der Waals surface area (Å²) in [5, 5.41) is 11.1. The number of rotatable bonds is 4. The predicted octanol–water partition coefficient (Wildman–Crippen LogP) is 2.32. The van der Waals surface area contributed by atoms with Crippen molar-refractivity contribution in [2.24, 2.45) is 0 Å². The number of ether oxygens (including phenoxy) is 1. The van der Waals surface area contributed by atoms with Gasteiger partial charge in [0.05, 0.1) is 11.5 Å². The number of nitrogens with two attached hydrogens (primary N) is 1. The molecule has 0 spiro atoms. The molecule has 0 aliphatic carbocycles. The molecule has 2 rings (SSSR count). The molecule has 0 unspecified atom stereocenters. The van der Waals surface area contributed by atoms with Gasteiger partial charge < -0.3 is 14.9 Å². The number of oxazole rings is 1. The van der Waals surface area contributed by atoms with Crippen molar-refractivity contribution in [2.45, 2.75) is 13.8 Å². The lowest BCUT2D eigenvalue weighted by Gasteiger charge is -2.02. The lowest BCUT2D eigenvalue weighted by molar-refractivity contribution is -0.384. The Hall–Kier alpha value is -2.90. The molecule has 0 saturated heterocycles. The Morgan fingerprint density at radius 1 is 1.52 bits per heavy atom. The van der Waals surface area contributed by atoms with E-state index in [0.717, 1.165) is 0 Å². The quantitative estimate of drug-likeness (QED) is 0.521. The number of nitro benzene ring substituents is 1. The molecule has 1 aromatic heterocycles. The van der Waals surface area contributed by atoms with Crippen LogP contribution < -0.4 is 5.73 Å². The van der Waals surface area contributed by atoms with E-state index in [-0.39, 0.29) is 35.3 Å². The number of carbonyl (C=O) groups excluding carboxylic acids is 1. The summed E-state index contributed by atoms with van der Waals surface area (Å²) in [4.78, 5) is 26.1. The van der Waals surface area contributed by atoms with Crippen LogP contribution in [-0.4, -0.2) is 22.5 Å². The molecule has 0 fully saturated rings. The van der Waals surface area contributed by atoms with Gasteiger partial charge >= 0.3 is 5.97 Å². The summed E-state index contributed by atoms with van der Waals surface area (Å²) >= 11 is 0. The maximum Gasteiger partial charge on any atom is 0.362 e. The van der Waals surface area contributed by atoms with Gasteiger partial charge in [-0.2, -0.15) is 4.98 Å². The molecule has 0 aliphatic heterocycles. The third-order valence-electron chi connectivity index (χ3n) is 2.78. The topological polar surface area (TPSA) is 121 Å². The van der Waals surface area contributed by atoms with Crippen LogP contribution in [0.5, 0.6) is 0 Å². The second-order valence-electron chi connectivity index (χ2n) is 4.18. The third kappa shape index (κ3) is 2.69. The van der Waals surface area contributed by atoms with Crippen molar-refractivity contribution in [1.29, 1.82) is 0 Å². The summed E-state index contributed by atoms with van der Waals surface area (Å²) in [6.45, 7) is 3.47. The van der Waals surface area contributed by atoms with Gasteiger partial charge in [0.15, 0.2) is 0 Å². The highest BCUT2D eigenvalue weighted by Crippen LogP contribution is 2.34. The van der Waals surface area contributed by atoms with Gasteiger partial charge in [0.1, 0.15) is 5.56 Å². The van der Waals surface area contributed by atoms with Crippen LogP contribution in [0.3, 0.4) is 0 Å². The number of aryl methyl sites for hydroxylation is 1. The van der Waals surface area contributed by atoms with Gasteiger partial charge in [-0.1, -0.05) is 12.1 Å². The van der Waals surface area contributed by atoms with E-state index in [1.807, 2.05) is 0 Å². The van der Waals surface area contributed by atoms with Crippen LogP contribution in [0.2, 0.25) is 0 Å². The number of anilines is 1. The first kappa shape index (κ1) is 14.5. The van der Waals surface area contributed by atoms with Crippen molar-refractivity contribution in [3.63, 3.8) is 0 Å². The largest absolute Gasteiger partial charge is 0.461 e. The van der Waals surface area contributed by atoms with Crippen LogP contribution in [-0.2, 0) is 4.74 Å². The number of nitrogens with zero attached hydrogens (tertiary/aromatic N) is 2. The number of hydrogen-bond acceptors (Lipinski definition) is 7. The molecule has 21 heavy (non-hydrogen) atoms. The molecular weight excluding hydrogens is 278 g/mol. The fourth-order valence-corrected chi connectivity index (χ4v) is 1.87. The fraction of sp³-hybridized carbons (Fsp3) is 0.231. The van der Waals surface area contributed by atoms with Crippen LogP contribution in [0.4, 0.5) is 11.6 Å². The first-order chi connectivity index (χ1) is 9.95. The molecule has 0 aliphatic rings. The number of aromatic nitrogens is 1. The van der Waals surface area contributed by atoms with E-state index in [2.05, 4.69) is 4.98 Å². The first-order valence-corrected chi connectivity index (χ1v) is 6.13. The predicted molar refractivity (Wildman–Crippen MR) is 73.7 cm³/mol. The second kappa shape index (κ2) is 5.61. The van der Waals surface area contributed by atoms with Gasteiger partial charge in [0, 0.05) is 6.07 Å². The Kier molecular flexibility index (Phi) is 3.88. The summed E-state index contributed by atoms with van der Waals surface area (Å²) in [6.07, 6.45) is 0. The lowest BCUT2D eigenvalue weighted by Crippen LogP contribution is -2.07. The van der Waals surface area contributed by atoms with Crippen LogP contribution in [0.15, 0.2) is 22.6 Å². The van der Waals surface area contributed by atoms with Gasteiger partial charge in [-0.3, -0.25) is 10.1 Å². The molecule has 0 radical (unpaired) electrons. The third-order valence-corrected chi connectivity index (χ3v) is 2.78. The van der Waals surface area contributed by atoms with E-state index >= 15 is 0 Å². The number of nitro groups is 1. The van der Waals surface area contributed by atoms with Crippen LogP contribution in [0.1, 0.15) is 23.0 Å². The van der Waals surface area contributed by atoms with Crippen molar-refractivity contribution < 1.29 is 18.9 Å². The maximum atomic E-state index is 11.7. The van der Waals surface area contributed by atoms with Crippen molar-refractivity contribution in [1.82, 2.24) is 4.98 Å². The molecule has 0 atom stereocenters. The van der Waals surface area contributed by atoms with Crippen LogP contribution in [0, 0.1) is 17.0 Å². The van der Waals surface area contributed by atoms with Crippen molar-refractivity contribution in [2.75, 3.05) is 12.3 Å². The molecule has 0 bridgehead atoms. The molecule has 2 aromatic rings. The van der Waals surface area contributed by atoms with Crippen molar-refractivity contribution >= 4 is 17.5 Å². The Bertz CT molecular complexity index is 708. The zero-order chi connectivity index (χ0) is 15.6. The van der Waals surface area contributed by atoms with Gasteiger partial charge in [-0.15, -0.1) is 0 Å². The average molecular weight is 291 g/mol. The summed E-state index contributed by atoms with van der Waals surface area (Å²) in [7, 11) is 0. The van der Waals surface area contributed by atoms with Gasteiger partial charge in [0.2, 0.25) is 17.5 Å². The number of hydrogen-bond donors (Lipinski definition) is 1. The smallest absolute Gasteiger partial charge is 0.362 e. The Balaban J connectivity index is 2.56. The normalized spacial score (nSPS) is 10.4. The summed E-state index contributed by atoms with van der Waals surface area (Å²) in [6, 6.07) is 4.55. The first-order valence-electron chi connectivity index (χ1n) is 6.13. The number of carbonyl (C=O) groups is 1. The van der Waals surface area contributed by atoms with E-state index in [1.54, 1.807) is 26.0 Å². The second-order valence-corrected chi connectivity index (χ2v) is 4.18. The molecule has 110 valence electrons. The summed E-state index contributed by atoms with van der Waals surface area (Å²) in [5.41, 5.74) is 5.99. The molecule has 1 aromatic carbocycles. The monoisotopic (exact) mass is 291 g/mol. The number of nitrogen functional groups attached to an aromatic ring is 1. The summed E-state index contributed by atoms with van der Waals surface area (Å²) in [5.74, 6) is -1.05. The van der Waals surface area contributed by atoms with Crippen molar-refractivity contribution in [3.8, 4) is 11.5 Å². The molecule has 8 nitrogen and oxygen atoms in total. The highest BCUT2D eigenvalue weighted by atomic mass is 16.6. The molecule has 2 N–H and O–H groups in total. The number of benzene rings is 1. The van der Waals surface area contributed by atoms with Gasteiger partial charge in [-0.25, -0.2) is 4.79 Å². The van der Waals surface area contributed by atoms with E-state index in [9.17, 15) is 14.9 Å². The minimum Gasteiger partial charge on any atom is -0.461 e. The summed E-state index contributed by atoms with van der Waals surface area (Å²) < 4.78 is 9.99. The van der Waals surface area contributed by atoms with Gasteiger partial charge in [0.25, 0.3) is 5.69 Å². The zero-order valence-electron chi connectivity index (χ0n) is 11.5. The Labute approximate surface area is 119 Å². The molecule has 1 heterocycles. The van der Waals surface area contributed by atoms with E-state index in [0.29, 0.717) is 5.56 Å². The van der Waals surface area contributed by atoms with E-state index < -0.39 is 10.9 Å². The standard InChI is InChI=1S/C13H13N3O5/c1-3-20-13(17)10-11(14)21-12(15-10)9-7(2)5-4-6-8(9)16(18)19/h4-6H,3,14H2,1-2H3. The van der Waals surface area contributed by atoms with Crippen LogP contribution >= 0.6 is 0 Å². The van der Waals surface area contributed by atoms with Crippen LogP contribution in [0.25, 0.3) is 11.5 Å². The SMILES string of the molecule is CCOC(=O)c1nc(-c2c(C)cccc2[N+](=O)[O-])oc1N. The highest BCUT2D eigenvalue weighted by molar-refractivity contribution is 5.92. The van der Waals surface area contributed by atoms with E-state index in [4.69, 9.17) is 14.9 Å². The molecular formula is C13H13N3O5. The Morgan fingerprint density at radius 3 is 2.86 bits per heavy atom. The molecule has 0 amide bonds. The minimum absolute atomic E-state index is 0.0830. The van der Waals surface area contributed by atoms with E-state index in [1.165, 1.54) is 6.07 Å². The fourth-order valence-electron chi connectivity index (χ4n) is 1.87. The zero-order valence-corrected chi connectivity index (χ0v) is 11.5. The maximum absolute atomic E-state index is 11.7. The van der Waals surface area contributed by atoms with Crippen molar-refractivity contribution in [3.05, 3.63) is 39.6 Å². The number of esters is 1. The molecule has 8 heteroatoms. The van der Waals surface area contributed by atoms with Gasteiger partial charge in [-0.05, 0) is 19.4 Å². The highest BCUT2D eigenvalue weighted by Gasteiger charge is 2.26. The molecule has 0 saturated carbocycles. The minimum atomic E-state index is -0.735. The Morgan fingerprint density at radius 2 is 2.24 bits per heavy atom. The average Bonchev–Trinajstić information content (AvgIpc) is 2.80. The lowest BCUT2D eigenvalue weighted by atomic mass is 10.1.